The molecule has 1 aromatic carbocycles. The van der Waals surface area contributed by atoms with Gasteiger partial charge < -0.3 is 10.1 Å². The molecule has 1 saturated carbocycles. The van der Waals surface area contributed by atoms with Crippen LogP contribution in [0.3, 0.4) is 0 Å². The number of rotatable bonds is 5. The third kappa shape index (κ3) is 3.32. The van der Waals surface area contributed by atoms with Gasteiger partial charge in [-0.3, -0.25) is 14.2 Å². The van der Waals surface area contributed by atoms with Gasteiger partial charge in [-0.25, -0.2) is 9.97 Å². The summed E-state index contributed by atoms with van der Waals surface area (Å²) in [5.41, 5.74) is 1.42. The van der Waals surface area contributed by atoms with E-state index < -0.39 is 0 Å². The summed E-state index contributed by atoms with van der Waals surface area (Å²) in [7, 11) is 1.60. The summed E-state index contributed by atoms with van der Waals surface area (Å²) < 4.78 is 7.42. The van der Waals surface area contributed by atoms with E-state index in [2.05, 4.69) is 15.3 Å². The molecule has 1 N–H and O–H groups in total. The highest BCUT2D eigenvalue weighted by Crippen LogP contribution is 2.34. The van der Waals surface area contributed by atoms with Gasteiger partial charge in [0.25, 0.3) is 5.56 Å². The molecule has 7 nitrogen and oxygen atoms in total. The molecule has 4 rings (SSSR count). The molecular formula is C18H18N4O3S. The highest BCUT2D eigenvalue weighted by molar-refractivity contribution is 7.22. The van der Waals surface area contributed by atoms with Gasteiger partial charge in [-0.15, -0.1) is 0 Å². The smallest absolute Gasteiger partial charge is 0.254 e. The summed E-state index contributed by atoms with van der Waals surface area (Å²) in [5, 5.41) is 3.24. The number of nitrogens with one attached hydrogen (secondary N) is 1. The van der Waals surface area contributed by atoms with Crippen LogP contribution < -0.4 is 15.6 Å². The number of ether oxygens (including phenoxy) is 1. The average Bonchev–Trinajstić information content (AvgIpc) is 2.96. The van der Waals surface area contributed by atoms with Crippen LogP contribution in [0.4, 0.5) is 5.13 Å². The predicted molar refractivity (Wildman–Crippen MR) is 99.9 cm³/mol. The van der Waals surface area contributed by atoms with Crippen molar-refractivity contribution in [2.45, 2.75) is 31.7 Å². The van der Waals surface area contributed by atoms with E-state index in [1.165, 1.54) is 28.7 Å². The van der Waals surface area contributed by atoms with Crippen molar-refractivity contribution >= 4 is 32.6 Å². The van der Waals surface area contributed by atoms with Crippen molar-refractivity contribution in [1.82, 2.24) is 14.5 Å². The van der Waals surface area contributed by atoms with Crippen LogP contribution in [0.2, 0.25) is 0 Å². The van der Waals surface area contributed by atoms with E-state index in [4.69, 9.17) is 4.74 Å². The Hall–Kier alpha value is -2.74. The monoisotopic (exact) mass is 370 g/mol. The zero-order chi connectivity index (χ0) is 18.1. The van der Waals surface area contributed by atoms with E-state index >= 15 is 0 Å². The lowest BCUT2D eigenvalue weighted by Gasteiger charge is -2.24. The van der Waals surface area contributed by atoms with E-state index in [0.29, 0.717) is 11.0 Å². The summed E-state index contributed by atoms with van der Waals surface area (Å²) in [6.07, 6.45) is 4.81. The van der Waals surface area contributed by atoms with E-state index in [9.17, 15) is 9.59 Å². The van der Waals surface area contributed by atoms with Crippen LogP contribution in [0.1, 0.15) is 30.9 Å². The number of benzene rings is 1. The van der Waals surface area contributed by atoms with Crippen LogP contribution in [0.15, 0.2) is 35.4 Å². The number of methoxy groups -OCH3 is 1. The Kier molecular flexibility index (Phi) is 4.42. The van der Waals surface area contributed by atoms with Gasteiger partial charge in [0.2, 0.25) is 5.91 Å². The quantitative estimate of drug-likeness (QED) is 0.746. The van der Waals surface area contributed by atoms with Crippen LogP contribution in [0.5, 0.6) is 5.75 Å². The van der Waals surface area contributed by atoms with Crippen molar-refractivity contribution in [1.29, 1.82) is 0 Å². The van der Waals surface area contributed by atoms with E-state index in [1.54, 1.807) is 13.2 Å². The second kappa shape index (κ2) is 6.87. The Labute approximate surface area is 153 Å². The first-order valence-corrected chi connectivity index (χ1v) is 9.25. The van der Waals surface area contributed by atoms with Gasteiger partial charge in [0.05, 0.1) is 29.3 Å². The number of carbonyl (C=O) groups excluding carboxylic acids is 1. The minimum atomic E-state index is -0.309. The summed E-state index contributed by atoms with van der Waals surface area (Å²) in [6.45, 7) is -0.0873. The third-order valence-electron chi connectivity index (χ3n) is 4.58. The van der Waals surface area contributed by atoms with Crippen LogP contribution >= 0.6 is 11.3 Å². The molecule has 2 heterocycles. The van der Waals surface area contributed by atoms with Crippen molar-refractivity contribution in [3.8, 4) is 5.75 Å². The molecule has 0 saturated heterocycles. The van der Waals surface area contributed by atoms with Gasteiger partial charge in [0, 0.05) is 12.0 Å². The number of nitrogens with zero attached hydrogens (tertiary/aromatic N) is 3. The maximum atomic E-state index is 12.3. The molecule has 0 aliphatic heterocycles. The number of hydrogen-bond donors (Lipinski definition) is 1. The summed E-state index contributed by atoms with van der Waals surface area (Å²) in [4.78, 5) is 33.2. The molecule has 3 aromatic rings. The van der Waals surface area contributed by atoms with Crippen LogP contribution in [-0.2, 0) is 11.3 Å². The van der Waals surface area contributed by atoms with Crippen molar-refractivity contribution < 1.29 is 9.53 Å². The fourth-order valence-electron chi connectivity index (χ4n) is 2.88. The van der Waals surface area contributed by atoms with Crippen molar-refractivity contribution in [2.75, 3.05) is 12.4 Å². The normalized spacial score (nSPS) is 14.2. The van der Waals surface area contributed by atoms with Crippen LogP contribution in [-0.4, -0.2) is 27.6 Å². The molecule has 134 valence electrons. The highest BCUT2D eigenvalue weighted by Gasteiger charge is 2.21. The maximum Gasteiger partial charge on any atom is 0.254 e. The summed E-state index contributed by atoms with van der Waals surface area (Å²) in [5.74, 6) is 0.824. The molecule has 0 bridgehead atoms. The standard InChI is InChI=1S/C18H18N4O3S/c1-25-12-5-6-13-15(7-12)26-18(20-13)21-16(23)9-22-10-19-14(8-17(22)24)11-3-2-4-11/h5-8,10-11H,2-4,9H2,1H3,(H,20,21,23). The molecule has 0 radical (unpaired) electrons. The first kappa shape index (κ1) is 16.7. The molecule has 26 heavy (non-hydrogen) atoms. The number of carbonyl (C=O) groups is 1. The minimum absolute atomic E-state index is 0.0873. The number of aromatic nitrogens is 3. The van der Waals surface area contributed by atoms with Crippen LogP contribution in [0.25, 0.3) is 10.2 Å². The molecule has 0 spiro atoms. The number of thiazole rings is 1. The Bertz CT molecular complexity index is 1020. The molecule has 0 atom stereocenters. The molecule has 1 amide bonds. The van der Waals surface area contributed by atoms with E-state index in [1.807, 2.05) is 18.2 Å². The second-order valence-corrected chi connectivity index (χ2v) is 7.34. The first-order valence-electron chi connectivity index (χ1n) is 8.43. The molecule has 0 unspecified atom stereocenters. The van der Waals surface area contributed by atoms with E-state index in [0.717, 1.165) is 34.5 Å². The van der Waals surface area contributed by atoms with Gasteiger partial charge in [0.15, 0.2) is 5.13 Å². The first-order chi connectivity index (χ1) is 12.6. The fraction of sp³-hybridized carbons (Fsp3) is 0.333. The summed E-state index contributed by atoms with van der Waals surface area (Å²) >= 11 is 1.36. The van der Waals surface area contributed by atoms with Crippen LogP contribution in [0, 0.1) is 0 Å². The Morgan fingerprint density at radius 3 is 2.92 bits per heavy atom. The third-order valence-corrected chi connectivity index (χ3v) is 5.51. The number of fused-ring (bicyclic) bond motifs is 1. The van der Waals surface area contributed by atoms with Gasteiger partial charge in [-0.2, -0.15) is 0 Å². The number of hydrogen-bond acceptors (Lipinski definition) is 6. The van der Waals surface area contributed by atoms with Gasteiger partial charge >= 0.3 is 0 Å². The molecular weight excluding hydrogens is 352 g/mol. The Morgan fingerprint density at radius 1 is 1.38 bits per heavy atom. The fourth-order valence-corrected chi connectivity index (χ4v) is 3.80. The van der Waals surface area contributed by atoms with Gasteiger partial charge in [-0.1, -0.05) is 17.8 Å². The zero-order valence-corrected chi connectivity index (χ0v) is 15.1. The lowest BCUT2D eigenvalue weighted by molar-refractivity contribution is -0.116. The van der Waals surface area contributed by atoms with Gasteiger partial charge in [-0.05, 0) is 31.0 Å². The number of anilines is 1. The molecule has 1 fully saturated rings. The van der Waals surface area contributed by atoms with E-state index in [-0.39, 0.29) is 18.0 Å². The van der Waals surface area contributed by atoms with Crippen molar-refractivity contribution in [2.24, 2.45) is 0 Å². The van der Waals surface area contributed by atoms with Crippen molar-refractivity contribution in [3.63, 3.8) is 0 Å². The molecule has 1 aliphatic carbocycles. The Balaban J connectivity index is 1.46. The minimum Gasteiger partial charge on any atom is -0.497 e. The maximum absolute atomic E-state index is 12.3. The Morgan fingerprint density at radius 2 is 2.23 bits per heavy atom. The zero-order valence-electron chi connectivity index (χ0n) is 14.3. The average molecular weight is 370 g/mol. The molecule has 8 heteroatoms. The summed E-state index contributed by atoms with van der Waals surface area (Å²) in [6, 6.07) is 7.08. The second-order valence-electron chi connectivity index (χ2n) is 6.31. The SMILES string of the molecule is COc1ccc2nc(NC(=O)Cn3cnc(C4CCC4)cc3=O)sc2c1. The topological polar surface area (TPSA) is 86.1 Å². The number of amides is 1. The lowest BCUT2D eigenvalue weighted by Crippen LogP contribution is -2.28. The predicted octanol–water partition coefficient (Wildman–Crippen LogP) is 2.77. The lowest BCUT2D eigenvalue weighted by atomic mass is 9.83. The van der Waals surface area contributed by atoms with Crippen molar-refractivity contribution in [3.05, 3.63) is 46.6 Å². The largest absolute Gasteiger partial charge is 0.497 e. The molecule has 2 aromatic heterocycles. The molecule has 1 aliphatic rings. The van der Waals surface area contributed by atoms with Gasteiger partial charge in [0.1, 0.15) is 12.3 Å². The highest BCUT2D eigenvalue weighted by atomic mass is 32.1.